The molecule has 0 unspecified atom stereocenters. The first-order chi connectivity index (χ1) is 14.1. The number of esters is 1. The van der Waals surface area contributed by atoms with Crippen molar-refractivity contribution in [1.82, 2.24) is 0 Å². The molecule has 3 rings (SSSR count). The highest BCUT2D eigenvalue weighted by Gasteiger charge is 2.32. The molecule has 1 amide bonds. The van der Waals surface area contributed by atoms with E-state index in [4.69, 9.17) is 14.2 Å². The van der Waals surface area contributed by atoms with E-state index in [1.807, 2.05) is 19.9 Å². The fourth-order valence-electron chi connectivity index (χ4n) is 2.93. The van der Waals surface area contributed by atoms with Crippen molar-refractivity contribution in [3.8, 4) is 11.5 Å². The number of anilines is 1. The minimum absolute atomic E-state index is 0.373. The molecule has 1 aliphatic rings. The number of hydrogen-bond donors (Lipinski definition) is 1. The minimum Gasteiger partial charge on any atom is -0.483 e. The van der Waals surface area contributed by atoms with Gasteiger partial charge in [-0.1, -0.05) is 12.1 Å². The number of rotatable bonds is 7. The molecule has 0 bridgehead atoms. The second-order valence-corrected chi connectivity index (χ2v) is 7.20. The molecule has 1 N–H and O–H groups in total. The number of carbonyl (C=O) groups excluding carboxylic acids is 2. The summed E-state index contributed by atoms with van der Waals surface area (Å²) in [7, 11) is 0. The number of carbonyl (C=O) groups is 2. The van der Waals surface area contributed by atoms with Gasteiger partial charge in [0.05, 0.1) is 10.6 Å². The van der Waals surface area contributed by atoms with Crippen LogP contribution < -0.4 is 14.8 Å². The third kappa shape index (κ3) is 5.02. The number of amides is 1. The number of non-ortho nitro benzene ring substituents is 1. The Hall–Kier alpha value is -3.69. The average molecular weight is 418 g/mol. The van der Waals surface area contributed by atoms with E-state index in [1.165, 1.54) is 0 Å². The third-order valence-electron chi connectivity index (χ3n) is 4.20. The molecule has 0 fully saturated rings. The molecule has 9 nitrogen and oxygen atoms in total. The number of halogens is 1. The predicted octanol–water partition coefficient (Wildman–Crippen LogP) is 3.01. The first-order valence-electron chi connectivity index (χ1n) is 8.98. The number of ether oxygens (including phenoxy) is 3. The fourth-order valence-corrected chi connectivity index (χ4v) is 2.93. The summed E-state index contributed by atoms with van der Waals surface area (Å²) in [6.45, 7) is 2.71. The molecule has 0 saturated heterocycles. The van der Waals surface area contributed by atoms with Crippen molar-refractivity contribution in [2.24, 2.45) is 0 Å². The van der Waals surface area contributed by atoms with Gasteiger partial charge in [0.2, 0.25) is 0 Å². The highest BCUT2D eigenvalue weighted by Crippen LogP contribution is 2.41. The molecule has 2 aromatic carbocycles. The zero-order chi connectivity index (χ0) is 21.9. The Kier molecular flexibility index (Phi) is 5.86. The number of fused-ring (bicyclic) bond motifs is 1. The molecule has 158 valence electrons. The summed E-state index contributed by atoms with van der Waals surface area (Å²) in [5.74, 6) is -1.58. The van der Waals surface area contributed by atoms with Gasteiger partial charge in [-0.05, 0) is 26.0 Å². The number of nitro groups is 1. The van der Waals surface area contributed by atoms with E-state index in [2.05, 4.69) is 5.32 Å². The van der Waals surface area contributed by atoms with Crippen molar-refractivity contribution in [3.63, 3.8) is 0 Å². The van der Waals surface area contributed by atoms with E-state index in [9.17, 15) is 24.1 Å². The normalized spacial score (nSPS) is 13.7. The van der Waals surface area contributed by atoms with Gasteiger partial charge in [0.1, 0.15) is 11.4 Å². The molecule has 0 spiro atoms. The van der Waals surface area contributed by atoms with E-state index in [0.29, 0.717) is 17.9 Å². The molecule has 0 saturated carbocycles. The topological polar surface area (TPSA) is 117 Å². The Morgan fingerprint density at radius 2 is 2.03 bits per heavy atom. The maximum absolute atomic E-state index is 13.7. The van der Waals surface area contributed by atoms with E-state index in [-0.39, 0.29) is 11.3 Å². The number of para-hydroxylation sites is 1. The Labute approximate surface area is 170 Å². The molecule has 10 heteroatoms. The zero-order valence-electron chi connectivity index (χ0n) is 16.3. The van der Waals surface area contributed by atoms with Crippen molar-refractivity contribution >= 4 is 23.3 Å². The second kappa shape index (κ2) is 8.36. The van der Waals surface area contributed by atoms with Gasteiger partial charge >= 0.3 is 5.97 Å². The maximum atomic E-state index is 13.7. The lowest BCUT2D eigenvalue weighted by Crippen LogP contribution is -2.25. The molecular weight excluding hydrogens is 399 g/mol. The molecule has 0 radical (unpaired) electrons. The summed E-state index contributed by atoms with van der Waals surface area (Å²) in [6, 6.07) is 8.04. The van der Waals surface area contributed by atoms with Crippen LogP contribution in [0.2, 0.25) is 0 Å². The van der Waals surface area contributed by atoms with Crippen molar-refractivity contribution in [1.29, 1.82) is 0 Å². The van der Waals surface area contributed by atoms with Crippen LogP contribution in [0.25, 0.3) is 0 Å². The zero-order valence-corrected chi connectivity index (χ0v) is 16.3. The highest BCUT2D eigenvalue weighted by molar-refractivity contribution is 5.93. The SMILES string of the molecule is CC1(C)Cc2cccc(OCC(=O)OCC(=O)Nc3cc([N+](=O)[O-])ccc3F)c2O1. The van der Waals surface area contributed by atoms with E-state index < -0.39 is 41.5 Å². The molecule has 30 heavy (non-hydrogen) atoms. The van der Waals surface area contributed by atoms with Crippen LogP contribution >= 0.6 is 0 Å². The summed E-state index contributed by atoms with van der Waals surface area (Å²) >= 11 is 0. The van der Waals surface area contributed by atoms with E-state index in [0.717, 1.165) is 23.8 Å². The molecule has 0 aliphatic carbocycles. The first kappa shape index (κ1) is 21.0. The summed E-state index contributed by atoms with van der Waals surface area (Å²) in [5, 5.41) is 12.9. The van der Waals surface area contributed by atoms with Crippen molar-refractivity contribution in [2.75, 3.05) is 18.5 Å². The standard InChI is InChI=1S/C20H19FN2O7/c1-20(2)9-12-4-3-5-16(19(12)30-20)28-11-18(25)29-10-17(24)22-15-8-13(23(26)27)6-7-14(15)21/h3-8H,9-11H2,1-2H3,(H,22,24). The lowest BCUT2D eigenvalue weighted by Gasteiger charge is -2.18. The van der Waals surface area contributed by atoms with E-state index >= 15 is 0 Å². The van der Waals surface area contributed by atoms with Crippen molar-refractivity contribution < 1.29 is 33.1 Å². The molecule has 0 atom stereocenters. The number of hydrogen-bond acceptors (Lipinski definition) is 7. The monoisotopic (exact) mass is 418 g/mol. The van der Waals surface area contributed by atoms with Gasteiger partial charge in [0.15, 0.2) is 24.7 Å². The van der Waals surface area contributed by atoms with Crippen LogP contribution in [0, 0.1) is 15.9 Å². The van der Waals surface area contributed by atoms with Crippen LogP contribution in [0.15, 0.2) is 36.4 Å². The molecular formula is C20H19FN2O7. The molecule has 2 aromatic rings. The number of benzene rings is 2. The Bertz CT molecular complexity index is 1010. The summed E-state index contributed by atoms with van der Waals surface area (Å²) in [4.78, 5) is 33.8. The summed E-state index contributed by atoms with van der Waals surface area (Å²) < 4.78 is 29.8. The van der Waals surface area contributed by atoms with Crippen LogP contribution in [0.1, 0.15) is 19.4 Å². The lowest BCUT2D eigenvalue weighted by molar-refractivity contribution is -0.384. The van der Waals surface area contributed by atoms with E-state index in [1.54, 1.807) is 12.1 Å². The molecule has 0 aromatic heterocycles. The Morgan fingerprint density at radius 1 is 1.27 bits per heavy atom. The van der Waals surface area contributed by atoms with Gasteiger partial charge in [-0.3, -0.25) is 14.9 Å². The highest BCUT2D eigenvalue weighted by atomic mass is 19.1. The Morgan fingerprint density at radius 3 is 2.77 bits per heavy atom. The van der Waals surface area contributed by atoms with Crippen LogP contribution in [-0.2, 0) is 20.7 Å². The maximum Gasteiger partial charge on any atom is 0.344 e. The van der Waals surface area contributed by atoms with Gasteiger partial charge in [0.25, 0.3) is 11.6 Å². The molecule has 1 aliphatic heterocycles. The van der Waals surface area contributed by atoms with Crippen LogP contribution in [0.3, 0.4) is 0 Å². The van der Waals surface area contributed by atoms with Crippen molar-refractivity contribution in [2.45, 2.75) is 25.9 Å². The van der Waals surface area contributed by atoms with Crippen molar-refractivity contribution in [3.05, 3.63) is 57.9 Å². The number of nitro benzene ring substituents is 1. The van der Waals surface area contributed by atoms with Crippen LogP contribution in [-0.4, -0.2) is 35.6 Å². The van der Waals surface area contributed by atoms with Crippen LogP contribution in [0.4, 0.5) is 15.8 Å². The first-order valence-corrected chi connectivity index (χ1v) is 8.98. The second-order valence-electron chi connectivity index (χ2n) is 7.20. The van der Waals surface area contributed by atoms with Gasteiger partial charge in [0, 0.05) is 24.1 Å². The predicted molar refractivity (Wildman–Crippen MR) is 103 cm³/mol. The lowest BCUT2D eigenvalue weighted by atomic mass is 10.0. The summed E-state index contributed by atoms with van der Waals surface area (Å²) in [6.07, 6.45) is 0.707. The smallest absolute Gasteiger partial charge is 0.344 e. The van der Waals surface area contributed by atoms with Crippen LogP contribution in [0.5, 0.6) is 11.5 Å². The number of nitrogens with zero attached hydrogens (tertiary/aromatic N) is 1. The van der Waals surface area contributed by atoms with Gasteiger partial charge in [-0.15, -0.1) is 0 Å². The van der Waals surface area contributed by atoms with Gasteiger partial charge in [-0.2, -0.15) is 0 Å². The minimum atomic E-state index is -0.857. The molecule has 1 heterocycles. The Balaban J connectivity index is 1.50. The van der Waals surface area contributed by atoms with Gasteiger partial charge in [-0.25, -0.2) is 9.18 Å². The number of nitrogens with one attached hydrogen (secondary N) is 1. The largest absolute Gasteiger partial charge is 0.483 e. The quantitative estimate of drug-likeness (QED) is 0.417. The average Bonchev–Trinajstić information content (AvgIpc) is 3.00. The van der Waals surface area contributed by atoms with Gasteiger partial charge < -0.3 is 19.5 Å². The summed E-state index contributed by atoms with van der Waals surface area (Å²) in [5.41, 5.74) is -0.189. The fraction of sp³-hybridized carbons (Fsp3) is 0.300. The third-order valence-corrected chi connectivity index (χ3v) is 4.20.